The van der Waals surface area contributed by atoms with Gasteiger partial charge in [-0.15, -0.1) is 0 Å². The molecule has 3 unspecified atom stereocenters. The van der Waals surface area contributed by atoms with Crippen LogP contribution in [0.15, 0.2) is 24.3 Å². The van der Waals surface area contributed by atoms with E-state index in [2.05, 4.69) is 57.3 Å². The topological polar surface area (TPSA) is 30.5 Å². The van der Waals surface area contributed by atoms with Gasteiger partial charge in [0.25, 0.3) is 0 Å². The minimum atomic E-state index is 0.323. The van der Waals surface area contributed by atoms with Gasteiger partial charge in [-0.3, -0.25) is 0 Å². The van der Waals surface area contributed by atoms with Crippen molar-refractivity contribution >= 4 is 0 Å². The molecule has 0 bridgehead atoms. The van der Waals surface area contributed by atoms with Crippen LogP contribution in [-0.2, 0) is 4.74 Å². The average molecular weight is 291 g/mol. The van der Waals surface area contributed by atoms with Gasteiger partial charge < -0.3 is 14.8 Å². The van der Waals surface area contributed by atoms with Crippen molar-refractivity contribution in [2.45, 2.75) is 58.7 Å². The maximum atomic E-state index is 5.74. The van der Waals surface area contributed by atoms with Crippen LogP contribution in [0.4, 0.5) is 0 Å². The predicted octanol–water partition coefficient (Wildman–Crippen LogP) is 3.94. The van der Waals surface area contributed by atoms with Crippen LogP contribution in [0.5, 0.6) is 5.75 Å². The largest absolute Gasteiger partial charge is 0.493 e. The molecular formula is C18H29NO2. The van der Waals surface area contributed by atoms with E-state index in [1.165, 1.54) is 18.4 Å². The molecule has 118 valence electrons. The third-order valence-electron chi connectivity index (χ3n) is 4.00. The van der Waals surface area contributed by atoms with Crippen LogP contribution in [-0.4, -0.2) is 25.4 Å². The van der Waals surface area contributed by atoms with Gasteiger partial charge in [-0.25, -0.2) is 0 Å². The minimum absolute atomic E-state index is 0.323. The molecule has 3 heteroatoms. The van der Waals surface area contributed by atoms with Crippen LogP contribution in [0.25, 0.3) is 0 Å². The fraction of sp³-hybridized carbons (Fsp3) is 0.667. The molecule has 1 aromatic rings. The van der Waals surface area contributed by atoms with E-state index in [9.17, 15) is 0 Å². The minimum Gasteiger partial charge on any atom is -0.493 e. The first-order valence-corrected chi connectivity index (χ1v) is 8.16. The summed E-state index contributed by atoms with van der Waals surface area (Å²) < 4.78 is 11.5. The second-order valence-corrected chi connectivity index (χ2v) is 6.50. The highest BCUT2D eigenvalue weighted by Crippen LogP contribution is 2.21. The van der Waals surface area contributed by atoms with E-state index in [4.69, 9.17) is 9.47 Å². The quantitative estimate of drug-likeness (QED) is 0.825. The predicted molar refractivity (Wildman–Crippen MR) is 86.8 cm³/mol. The lowest BCUT2D eigenvalue weighted by Crippen LogP contribution is -2.38. The molecular weight excluding hydrogens is 262 g/mol. The van der Waals surface area contributed by atoms with Crippen LogP contribution in [0.1, 0.15) is 52.1 Å². The molecule has 1 N–H and O–H groups in total. The standard InChI is InChI=1S/C18H29NO2/c1-13(2)12-21-17-9-7-16(8-10-17)14(3)19-15(4)18-6-5-11-20-18/h7-10,13-15,18-19H,5-6,11-12H2,1-4H3. The van der Waals surface area contributed by atoms with Crippen molar-refractivity contribution < 1.29 is 9.47 Å². The van der Waals surface area contributed by atoms with E-state index in [1.54, 1.807) is 0 Å². The molecule has 2 rings (SSSR count). The number of benzene rings is 1. The molecule has 0 radical (unpaired) electrons. The normalized spacial score (nSPS) is 21.5. The summed E-state index contributed by atoms with van der Waals surface area (Å²) in [6.07, 6.45) is 2.72. The van der Waals surface area contributed by atoms with E-state index in [-0.39, 0.29) is 0 Å². The lowest BCUT2D eigenvalue weighted by molar-refractivity contribution is 0.0804. The summed E-state index contributed by atoms with van der Waals surface area (Å²) in [5.41, 5.74) is 1.29. The molecule has 0 aromatic heterocycles. The Morgan fingerprint density at radius 2 is 1.90 bits per heavy atom. The van der Waals surface area contributed by atoms with Crippen LogP contribution in [0, 0.1) is 5.92 Å². The summed E-state index contributed by atoms with van der Waals surface area (Å²) in [6.45, 7) is 10.4. The van der Waals surface area contributed by atoms with Gasteiger partial charge in [-0.1, -0.05) is 26.0 Å². The molecule has 1 aromatic carbocycles. The maximum Gasteiger partial charge on any atom is 0.119 e. The number of hydrogen-bond donors (Lipinski definition) is 1. The van der Waals surface area contributed by atoms with E-state index in [0.29, 0.717) is 24.1 Å². The van der Waals surface area contributed by atoms with Crippen molar-refractivity contribution in [3.63, 3.8) is 0 Å². The van der Waals surface area contributed by atoms with Crippen molar-refractivity contribution in [2.24, 2.45) is 5.92 Å². The number of nitrogens with one attached hydrogen (secondary N) is 1. The molecule has 0 aliphatic carbocycles. The second kappa shape index (κ2) is 7.81. The van der Waals surface area contributed by atoms with Crippen molar-refractivity contribution in [2.75, 3.05) is 13.2 Å². The van der Waals surface area contributed by atoms with E-state index < -0.39 is 0 Å². The first-order chi connectivity index (χ1) is 10.1. The molecule has 0 amide bonds. The Balaban J connectivity index is 1.85. The Morgan fingerprint density at radius 1 is 1.19 bits per heavy atom. The van der Waals surface area contributed by atoms with Gasteiger partial charge in [0.1, 0.15) is 5.75 Å². The number of ether oxygens (including phenoxy) is 2. The summed E-state index contributed by atoms with van der Waals surface area (Å²) in [7, 11) is 0. The molecule has 3 atom stereocenters. The van der Waals surface area contributed by atoms with Gasteiger partial charge in [-0.05, 0) is 50.3 Å². The highest BCUT2D eigenvalue weighted by molar-refractivity contribution is 5.29. The summed E-state index contributed by atoms with van der Waals surface area (Å²) in [6, 6.07) is 9.13. The monoisotopic (exact) mass is 291 g/mol. The smallest absolute Gasteiger partial charge is 0.119 e. The highest BCUT2D eigenvalue weighted by atomic mass is 16.5. The average Bonchev–Trinajstić information content (AvgIpc) is 3.00. The lowest BCUT2D eigenvalue weighted by Gasteiger charge is -2.24. The highest BCUT2D eigenvalue weighted by Gasteiger charge is 2.23. The lowest BCUT2D eigenvalue weighted by atomic mass is 10.0. The zero-order valence-corrected chi connectivity index (χ0v) is 13.8. The SMILES string of the molecule is CC(C)COc1ccc(C(C)NC(C)C2CCCO2)cc1. The van der Waals surface area contributed by atoms with E-state index in [1.807, 2.05) is 0 Å². The van der Waals surface area contributed by atoms with E-state index >= 15 is 0 Å². The van der Waals surface area contributed by atoms with Crippen LogP contribution in [0.3, 0.4) is 0 Å². The Morgan fingerprint density at radius 3 is 2.48 bits per heavy atom. The summed E-state index contributed by atoms with van der Waals surface area (Å²) in [5.74, 6) is 1.50. The van der Waals surface area contributed by atoms with Crippen molar-refractivity contribution in [3.8, 4) is 5.75 Å². The Kier molecular flexibility index (Phi) is 6.07. The van der Waals surface area contributed by atoms with Gasteiger partial charge in [0.05, 0.1) is 12.7 Å². The van der Waals surface area contributed by atoms with Crippen molar-refractivity contribution in [1.82, 2.24) is 5.32 Å². The molecule has 0 spiro atoms. The molecule has 0 saturated carbocycles. The summed E-state index contributed by atoms with van der Waals surface area (Å²) >= 11 is 0. The maximum absolute atomic E-state index is 5.74. The first kappa shape index (κ1) is 16.3. The molecule has 1 saturated heterocycles. The molecule has 1 aliphatic heterocycles. The van der Waals surface area contributed by atoms with Crippen LogP contribution >= 0.6 is 0 Å². The molecule has 1 aliphatic rings. The Hall–Kier alpha value is -1.06. The van der Waals surface area contributed by atoms with Gasteiger partial charge in [0.2, 0.25) is 0 Å². The molecule has 1 fully saturated rings. The van der Waals surface area contributed by atoms with Crippen LogP contribution < -0.4 is 10.1 Å². The van der Waals surface area contributed by atoms with Crippen molar-refractivity contribution in [3.05, 3.63) is 29.8 Å². The van der Waals surface area contributed by atoms with Gasteiger partial charge in [0, 0.05) is 18.7 Å². The van der Waals surface area contributed by atoms with E-state index in [0.717, 1.165) is 19.0 Å². The van der Waals surface area contributed by atoms with Crippen LogP contribution in [0.2, 0.25) is 0 Å². The number of hydrogen-bond acceptors (Lipinski definition) is 3. The molecule has 21 heavy (non-hydrogen) atoms. The zero-order valence-electron chi connectivity index (χ0n) is 13.8. The fourth-order valence-corrected chi connectivity index (χ4v) is 2.71. The Labute approximate surface area is 129 Å². The third kappa shape index (κ3) is 5.01. The van der Waals surface area contributed by atoms with Crippen molar-refractivity contribution in [1.29, 1.82) is 0 Å². The summed E-state index contributed by atoms with van der Waals surface area (Å²) in [5, 5.41) is 3.64. The second-order valence-electron chi connectivity index (χ2n) is 6.50. The third-order valence-corrected chi connectivity index (χ3v) is 4.00. The van der Waals surface area contributed by atoms with Gasteiger partial charge in [-0.2, -0.15) is 0 Å². The molecule has 1 heterocycles. The number of rotatable bonds is 7. The van der Waals surface area contributed by atoms with Gasteiger partial charge in [0.15, 0.2) is 0 Å². The first-order valence-electron chi connectivity index (χ1n) is 8.16. The van der Waals surface area contributed by atoms with Gasteiger partial charge >= 0.3 is 0 Å². The fourth-order valence-electron chi connectivity index (χ4n) is 2.71. The zero-order chi connectivity index (χ0) is 15.2. The summed E-state index contributed by atoms with van der Waals surface area (Å²) in [4.78, 5) is 0. The molecule has 3 nitrogen and oxygen atoms in total. The Bertz CT molecular complexity index is 410.